The molecule has 1 heterocycles. The quantitative estimate of drug-likeness (QED) is 0.670. The number of nitrogens with one attached hydrogen (secondary N) is 2. The molecule has 1 fully saturated rings. The summed E-state index contributed by atoms with van der Waals surface area (Å²) in [5.74, 6) is -0.101. The Morgan fingerprint density at radius 1 is 1.12 bits per heavy atom. The number of piperazine rings is 1. The molecule has 1 aromatic carbocycles. The molecule has 150 valence electrons. The molecule has 0 bridgehead atoms. The fourth-order valence-corrected chi connectivity index (χ4v) is 4.23. The average Bonchev–Trinajstić information content (AvgIpc) is 2.58. The number of hydrogen-bond acceptors (Lipinski definition) is 5. The van der Waals surface area contributed by atoms with Crippen molar-refractivity contribution in [3.05, 3.63) is 29.8 Å². The van der Waals surface area contributed by atoms with Crippen molar-refractivity contribution in [2.45, 2.75) is 17.9 Å². The maximum Gasteiger partial charge on any atom is 0.243 e. The molecule has 0 spiro atoms. The monoisotopic (exact) mass is 426 g/mol. The van der Waals surface area contributed by atoms with Crippen molar-refractivity contribution in [1.82, 2.24) is 19.8 Å². The lowest BCUT2D eigenvalue weighted by Gasteiger charge is -2.32. The largest absolute Gasteiger partial charge is 0.352 e. The number of hydrogen-bond donors (Lipinski definition) is 2. The number of benzene rings is 1. The van der Waals surface area contributed by atoms with Gasteiger partial charge in [-0.15, -0.1) is 24.8 Å². The highest BCUT2D eigenvalue weighted by molar-refractivity contribution is 7.89. The van der Waals surface area contributed by atoms with Crippen LogP contribution >= 0.6 is 24.8 Å². The lowest BCUT2D eigenvalue weighted by atomic mass is 10.2. The van der Waals surface area contributed by atoms with E-state index >= 15 is 0 Å². The van der Waals surface area contributed by atoms with Crippen molar-refractivity contribution in [2.75, 3.05) is 46.8 Å². The van der Waals surface area contributed by atoms with Gasteiger partial charge in [0, 0.05) is 45.7 Å². The van der Waals surface area contributed by atoms with E-state index in [0.29, 0.717) is 31.6 Å². The normalized spacial score (nSPS) is 15.6. The zero-order chi connectivity index (χ0) is 17.6. The second-order valence-corrected chi connectivity index (χ2v) is 7.85. The predicted octanol–water partition coefficient (Wildman–Crippen LogP) is 0.692. The highest BCUT2D eigenvalue weighted by Gasteiger charge is 2.29. The van der Waals surface area contributed by atoms with Gasteiger partial charge < -0.3 is 15.5 Å². The molecule has 0 aromatic heterocycles. The van der Waals surface area contributed by atoms with Crippen LogP contribution in [-0.2, 0) is 21.4 Å². The van der Waals surface area contributed by atoms with E-state index in [-0.39, 0.29) is 42.2 Å². The molecule has 1 amide bonds. The number of sulfonamides is 1. The van der Waals surface area contributed by atoms with Crippen molar-refractivity contribution >= 4 is 40.7 Å². The van der Waals surface area contributed by atoms with Gasteiger partial charge in [-0.1, -0.05) is 18.2 Å². The number of carbonyl (C=O) groups is 1. The highest BCUT2D eigenvalue weighted by Crippen LogP contribution is 2.21. The average molecular weight is 427 g/mol. The molecule has 0 saturated carbocycles. The number of carbonyl (C=O) groups excluding carboxylic acids is 1. The van der Waals surface area contributed by atoms with Gasteiger partial charge in [0.15, 0.2) is 0 Å². The summed E-state index contributed by atoms with van der Waals surface area (Å²) in [6.45, 7) is 3.23. The Morgan fingerprint density at radius 2 is 1.73 bits per heavy atom. The molecule has 1 aliphatic rings. The first-order valence-corrected chi connectivity index (χ1v) is 9.57. The Morgan fingerprint density at radius 3 is 2.35 bits per heavy atom. The molecule has 2 rings (SSSR count). The molecule has 10 heteroatoms. The molecule has 2 N–H and O–H groups in total. The van der Waals surface area contributed by atoms with E-state index in [1.54, 1.807) is 31.3 Å². The first-order valence-electron chi connectivity index (χ1n) is 8.13. The molecule has 26 heavy (non-hydrogen) atoms. The topological polar surface area (TPSA) is 81.8 Å². The number of nitrogens with zero attached hydrogens (tertiary/aromatic N) is 2. The van der Waals surface area contributed by atoms with Crippen LogP contribution in [0.5, 0.6) is 0 Å². The molecule has 7 nitrogen and oxygen atoms in total. The van der Waals surface area contributed by atoms with Gasteiger partial charge in [-0.2, -0.15) is 4.31 Å². The molecule has 0 atom stereocenters. The Labute approximate surface area is 168 Å². The summed E-state index contributed by atoms with van der Waals surface area (Å²) in [5, 5.41) is 5.70. The fourth-order valence-electron chi connectivity index (χ4n) is 2.59. The maximum absolute atomic E-state index is 12.9. The fraction of sp³-hybridized carbons (Fsp3) is 0.562. The molecule has 0 unspecified atom stereocenters. The molecule has 0 radical (unpaired) electrons. The molecule has 0 aliphatic carbocycles. The van der Waals surface area contributed by atoms with Crippen LogP contribution in [0, 0.1) is 0 Å². The van der Waals surface area contributed by atoms with Crippen molar-refractivity contribution in [3.63, 3.8) is 0 Å². The number of rotatable bonds is 7. The Bertz CT molecular complexity index is 665. The van der Waals surface area contributed by atoms with Gasteiger partial charge in [-0.25, -0.2) is 8.42 Å². The van der Waals surface area contributed by atoms with Gasteiger partial charge in [0.05, 0.1) is 4.90 Å². The maximum atomic E-state index is 12.9. The van der Waals surface area contributed by atoms with Crippen LogP contribution in [0.1, 0.15) is 12.0 Å². The summed E-state index contributed by atoms with van der Waals surface area (Å²) in [5.41, 5.74) is 0.620. The first-order chi connectivity index (χ1) is 11.4. The molecule has 1 aromatic rings. The third-order valence-electron chi connectivity index (χ3n) is 4.13. The van der Waals surface area contributed by atoms with Crippen molar-refractivity contribution in [3.8, 4) is 0 Å². The van der Waals surface area contributed by atoms with Crippen LogP contribution in [0.15, 0.2) is 29.2 Å². The summed E-state index contributed by atoms with van der Waals surface area (Å²) < 4.78 is 27.4. The summed E-state index contributed by atoms with van der Waals surface area (Å²) in [6, 6.07) is 6.87. The van der Waals surface area contributed by atoms with Crippen molar-refractivity contribution < 1.29 is 13.2 Å². The number of halogens is 2. The van der Waals surface area contributed by atoms with E-state index in [1.807, 2.05) is 7.05 Å². The van der Waals surface area contributed by atoms with E-state index in [9.17, 15) is 13.2 Å². The Hall–Kier alpha value is -0.900. The minimum absolute atomic E-state index is 0. The smallest absolute Gasteiger partial charge is 0.243 e. The Kier molecular flexibility index (Phi) is 11.3. The van der Waals surface area contributed by atoms with Crippen molar-refractivity contribution in [1.29, 1.82) is 0 Å². The van der Waals surface area contributed by atoms with Crippen LogP contribution in [0.25, 0.3) is 0 Å². The van der Waals surface area contributed by atoms with Crippen LogP contribution in [0.2, 0.25) is 0 Å². The van der Waals surface area contributed by atoms with Gasteiger partial charge in [-0.05, 0) is 25.7 Å². The zero-order valence-electron chi connectivity index (χ0n) is 15.1. The second kappa shape index (κ2) is 11.7. The minimum Gasteiger partial charge on any atom is -0.352 e. The zero-order valence-corrected chi connectivity index (χ0v) is 17.6. The van der Waals surface area contributed by atoms with Gasteiger partial charge in [0.2, 0.25) is 15.9 Å². The first kappa shape index (κ1) is 25.1. The number of likely N-dealkylation sites (N-methyl/N-ethyl adjacent to an activating group) is 1. The van der Waals surface area contributed by atoms with Crippen LogP contribution < -0.4 is 10.6 Å². The van der Waals surface area contributed by atoms with Gasteiger partial charge in [0.25, 0.3) is 0 Å². The molecular weight excluding hydrogens is 399 g/mol. The van der Waals surface area contributed by atoms with Gasteiger partial charge in [0.1, 0.15) is 0 Å². The lowest BCUT2D eigenvalue weighted by Crippen LogP contribution is -2.47. The lowest BCUT2D eigenvalue weighted by molar-refractivity contribution is -0.121. The van der Waals surface area contributed by atoms with Gasteiger partial charge >= 0.3 is 0 Å². The van der Waals surface area contributed by atoms with E-state index in [2.05, 4.69) is 15.5 Å². The van der Waals surface area contributed by atoms with Crippen LogP contribution in [0.3, 0.4) is 0 Å². The molecule has 1 aliphatic heterocycles. The third-order valence-corrected chi connectivity index (χ3v) is 6.13. The van der Waals surface area contributed by atoms with Gasteiger partial charge in [-0.3, -0.25) is 4.79 Å². The highest BCUT2D eigenvalue weighted by atomic mass is 35.5. The van der Waals surface area contributed by atoms with Crippen molar-refractivity contribution in [2.24, 2.45) is 0 Å². The summed E-state index contributed by atoms with van der Waals surface area (Å²) in [6.07, 6.45) is 0.365. The molecular formula is C16H28Cl2N4O3S. The van der Waals surface area contributed by atoms with E-state index in [0.717, 1.165) is 13.1 Å². The minimum atomic E-state index is -3.54. The SMILES string of the molecule is CNCCC(=O)NCc1ccccc1S(=O)(=O)N1CCN(C)CC1.Cl.Cl. The second-order valence-electron chi connectivity index (χ2n) is 5.95. The predicted molar refractivity (Wildman–Crippen MR) is 108 cm³/mol. The summed E-state index contributed by atoms with van der Waals surface area (Å²) in [4.78, 5) is 14.1. The summed E-state index contributed by atoms with van der Waals surface area (Å²) in [7, 11) is 0.230. The molecule has 1 saturated heterocycles. The third kappa shape index (κ3) is 6.68. The Balaban J connectivity index is 0.00000312. The van der Waals surface area contributed by atoms with E-state index < -0.39 is 10.0 Å². The number of amides is 1. The van der Waals surface area contributed by atoms with Crippen LogP contribution in [0.4, 0.5) is 0 Å². The standard InChI is InChI=1S/C16H26N4O3S.2ClH/c1-17-8-7-16(21)18-13-14-5-3-4-6-15(14)24(22,23)20-11-9-19(2)10-12-20;;/h3-6,17H,7-13H2,1-2H3,(H,18,21);2*1H. The van der Waals surface area contributed by atoms with Crippen LogP contribution in [-0.4, -0.2) is 70.3 Å². The van der Waals surface area contributed by atoms with E-state index in [4.69, 9.17) is 0 Å². The van der Waals surface area contributed by atoms with E-state index in [1.165, 1.54) is 4.31 Å². The summed E-state index contributed by atoms with van der Waals surface area (Å²) >= 11 is 0.